The molecule has 0 saturated carbocycles. The van der Waals surface area contributed by atoms with Gasteiger partial charge in [0.2, 0.25) is 0 Å². The highest BCUT2D eigenvalue weighted by atomic mass is 32.2. The fraction of sp³-hybridized carbons (Fsp3) is 0.571. The van der Waals surface area contributed by atoms with Crippen molar-refractivity contribution in [3.8, 4) is 0 Å². The summed E-state index contributed by atoms with van der Waals surface area (Å²) in [5.74, 6) is 0. The molecule has 0 aromatic heterocycles. The van der Waals surface area contributed by atoms with Gasteiger partial charge in [0.05, 0.1) is 16.3 Å². The van der Waals surface area contributed by atoms with Crippen LogP contribution >= 0.6 is 0 Å². The van der Waals surface area contributed by atoms with Crippen LogP contribution in [0.15, 0.2) is 23.1 Å². The van der Waals surface area contributed by atoms with Crippen molar-refractivity contribution in [1.82, 2.24) is 4.90 Å². The minimum atomic E-state index is -3.22. The number of nitrogens with two attached hydrogens (primary N) is 1. The summed E-state index contributed by atoms with van der Waals surface area (Å²) in [4.78, 5) is 2.38. The molecule has 1 aromatic rings. The molecule has 114 valence electrons. The molecule has 6 heteroatoms. The highest BCUT2D eigenvalue weighted by Crippen LogP contribution is 2.24. The highest BCUT2D eigenvalue weighted by molar-refractivity contribution is 7.90. The topological polar surface area (TPSA) is 75.4 Å². The molecule has 1 rings (SSSR count). The van der Waals surface area contributed by atoms with Crippen LogP contribution in [0.5, 0.6) is 0 Å². The van der Waals surface area contributed by atoms with Crippen LogP contribution in [0.2, 0.25) is 0 Å². The van der Waals surface area contributed by atoms with Gasteiger partial charge < -0.3 is 16.0 Å². The summed E-state index contributed by atoms with van der Waals surface area (Å²) in [6.07, 6.45) is 1.18. The molecule has 20 heavy (non-hydrogen) atoms. The summed E-state index contributed by atoms with van der Waals surface area (Å²) >= 11 is 0. The Morgan fingerprint density at radius 1 is 1.30 bits per heavy atom. The SMILES string of the molecule is CN(C)CC(C)(C)CNc1ccc(S(C)(=O)=O)cc1N. The van der Waals surface area contributed by atoms with E-state index in [1.165, 1.54) is 12.3 Å². The third-order valence-corrected chi connectivity index (χ3v) is 4.06. The summed E-state index contributed by atoms with van der Waals surface area (Å²) in [7, 11) is 0.862. The van der Waals surface area contributed by atoms with Crippen molar-refractivity contribution in [3.05, 3.63) is 18.2 Å². The van der Waals surface area contributed by atoms with E-state index in [1.807, 2.05) is 14.1 Å². The zero-order chi connectivity index (χ0) is 15.6. The van der Waals surface area contributed by atoms with Crippen LogP contribution in [0.1, 0.15) is 13.8 Å². The molecule has 0 unspecified atom stereocenters. The summed E-state index contributed by atoms with van der Waals surface area (Å²) in [6, 6.07) is 4.79. The third kappa shape index (κ3) is 5.02. The summed E-state index contributed by atoms with van der Waals surface area (Å²) in [5.41, 5.74) is 7.22. The maximum absolute atomic E-state index is 11.5. The van der Waals surface area contributed by atoms with Gasteiger partial charge in [-0.05, 0) is 37.7 Å². The van der Waals surface area contributed by atoms with Crippen molar-refractivity contribution >= 4 is 21.2 Å². The van der Waals surface area contributed by atoms with Gasteiger partial charge in [0, 0.05) is 19.3 Å². The smallest absolute Gasteiger partial charge is 0.175 e. The first-order valence-electron chi connectivity index (χ1n) is 6.49. The number of hydrogen-bond donors (Lipinski definition) is 2. The van der Waals surface area contributed by atoms with E-state index in [-0.39, 0.29) is 10.3 Å². The van der Waals surface area contributed by atoms with Gasteiger partial charge in [0.15, 0.2) is 9.84 Å². The van der Waals surface area contributed by atoms with Crippen LogP contribution < -0.4 is 11.1 Å². The molecule has 0 radical (unpaired) electrons. The largest absolute Gasteiger partial charge is 0.397 e. The molecule has 0 bridgehead atoms. The van der Waals surface area contributed by atoms with Crippen LogP contribution in [0.4, 0.5) is 11.4 Å². The normalized spacial score (nSPS) is 12.7. The van der Waals surface area contributed by atoms with Crippen LogP contribution in [0, 0.1) is 5.41 Å². The Kier molecular flexibility index (Phi) is 5.05. The van der Waals surface area contributed by atoms with E-state index in [4.69, 9.17) is 5.73 Å². The summed E-state index contributed by atoms with van der Waals surface area (Å²) < 4.78 is 22.9. The number of nitrogens with zero attached hydrogens (tertiary/aromatic N) is 1. The molecular weight excluding hydrogens is 274 g/mol. The number of rotatable bonds is 6. The van der Waals surface area contributed by atoms with Crippen molar-refractivity contribution < 1.29 is 8.42 Å². The molecule has 0 fully saturated rings. The lowest BCUT2D eigenvalue weighted by molar-refractivity contribution is 0.254. The van der Waals surface area contributed by atoms with E-state index in [0.29, 0.717) is 5.69 Å². The molecular formula is C14H25N3O2S. The van der Waals surface area contributed by atoms with E-state index in [9.17, 15) is 8.42 Å². The van der Waals surface area contributed by atoms with Gasteiger partial charge in [-0.3, -0.25) is 0 Å². The van der Waals surface area contributed by atoms with Crippen LogP contribution in [0.3, 0.4) is 0 Å². The Labute approximate surface area is 122 Å². The summed E-state index contributed by atoms with van der Waals surface area (Å²) in [5, 5.41) is 3.29. The van der Waals surface area contributed by atoms with Crippen LogP contribution in [0.25, 0.3) is 0 Å². The number of sulfone groups is 1. The minimum Gasteiger partial charge on any atom is -0.397 e. The van der Waals surface area contributed by atoms with Gasteiger partial charge in [-0.1, -0.05) is 13.8 Å². The van der Waals surface area contributed by atoms with Gasteiger partial charge in [0.25, 0.3) is 0 Å². The standard InChI is InChI=1S/C14H25N3O2S/c1-14(2,10-17(3)4)9-16-13-7-6-11(8-12(13)15)20(5,18)19/h6-8,16H,9-10,15H2,1-5H3. The Bertz CT molecular complexity index is 566. The van der Waals surface area contributed by atoms with Crippen molar-refractivity contribution in [2.24, 2.45) is 5.41 Å². The average Bonchev–Trinajstić information content (AvgIpc) is 2.24. The monoisotopic (exact) mass is 299 g/mol. The molecule has 0 aliphatic heterocycles. The van der Waals surface area contributed by atoms with Crippen molar-refractivity contribution in [3.63, 3.8) is 0 Å². The second kappa shape index (κ2) is 6.01. The highest BCUT2D eigenvalue weighted by Gasteiger charge is 2.19. The van der Waals surface area contributed by atoms with Gasteiger partial charge in [0.1, 0.15) is 0 Å². The van der Waals surface area contributed by atoms with Gasteiger partial charge in [-0.15, -0.1) is 0 Å². The zero-order valence-corrected chi connectivity index (χ0v) is 13.7. The van der Waals surface area contributed by atoms with E-state index in [2.05, 4.69) is 24.1 Å². The number of hydrogen-bond acceptors (Lipinski definition) is 5. The minimum absolute atomic E-state index is 0.0887. The predicted octanol–water partition coefficient (Wildman–Crippen LogP) is 1.67. The number of nitrogen functional groups attached to an aromatic ring is 1. The Balaban J connectivity index is 2.80. The van der Waals surface area contributed by atoms with E-state index in [0.717, 1.165) is 18.8 Å². The Morgan fingerprint density at radius 3 is 2.35 bits per heavy atom. The second-order valence-electron chi connectivity index (χ2n) is 6.28. The molecule has 1 aromatic carbocycles. The van der Waals surface area contributed by atoms with Crippen LogP contribution in [-0.4, -0.2) is 46.8 Å². The maximum atomic E-state index is 11.5. The van der Waals surface area contributed by atoms with Gasteiger partial charge >= 0.3 is 0 Å². The Morgan fingerprint density at radius 2 is 1.90 bits per heavy atom. The third-order valence-electron chi connectivity index (χ3n) is 2.95. The summed E-state index contributed by atoms with van der Waals surface area (Å²) in [6.45, 7) is 6.04. The lowest BCUT2D eigenvalue weighted by Gasteiger charge is -2.29. The molecule has 0 aliphatic carbocycles. The van der Waals surface area contributed by atoms with Gasteiger partial charge in [-0.25, -0.2) is 8.42 Å². The molecule has 0 amide bonds. The molecule has 3 N–H and O–H groups in total. The molecule has 0 spiro atoms. The fourth-order valence-corrected chi connectivity index (χ4v) is 2.84. The van der Waals surface area contributed by atoms with E-state index < -0.39 is 9.84 Å². The maximum Gasteiger partial charge on any atom is 0.175 e. The molecule has 0 aliphatic rings. The van der Waals surface area contributed by atoms with Gasteiger partial charge in [-0.2, -0.15) is 0 Å². The molecule has 0 heterocycles. The fourth-order valence-electron chi connectivity index (χ4n) is 2.18. The second-order valence-corrected chi connectivity index (χ2v) is 8.29. The van der Waals surface area contributed by atoms with E-state index >= 15 is 0 Å². The van der Waals surface area contributed by atoms with Crippen molar-refractivity contribution in [1.29, 1.82) is 0 Å². The zero-order valence-electron chi connectivity index (χ0n) is 12.9. The first kappa shape index (κ1) is 16.8. The molecule has 0 saturated heterocycles. The van der Waals surface area contributed by atoms with Crippen molar-refractivity contribution in [2.45, 2.75) is 18.7 Å². The van der Waals surface area contributed by atoms with Crippen molar-refractivity contribution in [2.75, 3.05) is 44.5 Å². The van der Waals surface area contributed by atoms with E-state index in [1.54, 1.807) is 12.1 Å². The number of nitrogens with one attached hydrogen (secondary N) is 1. The number of anilines is 2. The van der Waals surface area contributed by atoms with Crippen LogP contribution in [-0.2, 0) is 9.84 Å². The average molecular weight is 299 g/mol. The Hall–Kier alpha value is -1.27. The lowest BCUT2D eigenvalue weighted by Crippen LogP contribution is -2.34. The first-order chi connectivity index (χ1) is 9.01. The number of benzene rings is 1. The quantitative estimate of drug-likeness (QED) is 0.782. The molecule has 5 nitrogen and oxygen atoms in total. The first-order valence-corrected chi connectivity index (χ1v) is 8.39. The molecule has 0 atom stereocenters. The lowest BCUT2D eigenvalue weighted by atomic mass is 9.93. The predicted molar refractivity (Wildman–Crippen MR) is 84.8 cm³/mol.